The first kappa shape index (κ1) is 15.1. The second-order valence-electron chi connectivity index (χ2n) is 7.76. The normalized spacial score (nSPS) is 36.8. The fourth-order valence-electron chi connectivity index (χ4n) is 5.39. The van der Waals surface area contributed by atoms with E-state index < -0.39 is 0 Å². The lowest BCUT2D eigenvalue weighted by atomic mass is 9.53. The van der Waals surface area contributed by atoms with Gasteiger partial charge in [0, 0.05) is 25.2 Å². The van der Waals surface area contributed by atoms with Crippen LogP contribution >= 0.6 is 0 Å². The first-order valence-electron chi connectivity index (χ1n) is 8.91. The van der Waals surface area contributed by atoms with Crippen LogP contribution in [0.4, 0.5) is 4.79 Å². The van der Waals surface area contributed by atoms with Crippen LogP contribution in [0, 0.1) is 17.8 Å². The summed E-state index contributed by atoms with van der Waals surface area (Å²) in [6.07, 6.45) is 10.1. The summed E-state index contributed by atoms with van der Waals surface area (Å²) in [6.45, 7) is 4.24. The first-order valence-corrected chi connectivity index (χ1v) is 8.91. The van der Waals surface area contributed by atoms with E-state index in [-0.39, 0.29) is 11.6 Å². The van der Waals surface area contributed by atoms with Gasteiger partial charge in [0.05, 0.1) is 0 Å². The Balaban J connectivity index is 1.63. The topological polar surface area (TPSA) is 58.4 Å². The SMILES string of the molecule is CCCCN(CCN)C(=O)NC12CC3CC(CC(C3)C1)C2. The standard InChI is InChI=1S/C17H31N3O/c1-2-3-5-20(6-4-18)16(21)19-17-10-13-7-14(11-17)9-15(8-13)12-17/h13-15H,2-12,18H2,1H3,(H,19,21). The van der Waals surface area contributed by atoms with Gasteiger partial charge in [-0.25, -0.2) is 4.79 Å². The maximum absolute atomic E-state index is 12.7. The highest BCUT2D eigenvalue weighted by atomic mass is 16.2. The largest absolute Gasteiger partial charge is 0.333 e. The van der Waals surface area contributed by atoms with Gasteiger partial charge in [0.15, 0.2) is 0 Å². The Kier molecular flexibility index (Phi) is 4.43. The van der Waals surface area contributed by atoms with Crippen LogP contribution in [0.3, 0.4) is 0 Å². The fraction of sp³-hybridized carbons (Fsp3) is 0.941. The number of nitrogens with zero attached hydrogens (tertiary/aromatic N) is 1. The highest BCUT2D eigenvalue weighted by Gasteiger charge is 2.51. The fourth-order valence-corrected chi connectivity index (χ4v) is 5.39. The van der Waals surface area contributed by atoms with Gasteiger partial charge in [-0.15, -0.1) is 0 Å². The Morgan fingerprint density at radius 2 is 1.71 bits per heavy atom. The van der Waals surface area contributed by atoms with E-state index in [1.807, 2.05) is 4.90 Å². The summed E-state index contributed by atoms with van der Waals surface area (Å²) in [4.78, 5) is 14.6. The summed E-state index contributed by atoms with van der Waals surface area (Å²) >= 11 is 0. The van der Waals surface area contributed by atoms with Crippen molar-refractivity contribution in [3.63, 3.8) is 0 Å². The summed E-state index contributed by atoms with van der Waals surface area (Å²) in [6, 6.07) is 0.135. The zero-order valence-electron chi connectivity index (χ0n) is 13.4. The third kappa shape index (κ3) is 3.20. The molecule has 4 fully saturated rings. The summed E-state index contributed by atoms with van der Waals surface area (Å²) < 4.78 is 0. The molecule has 4 rings (SSSR count). The molecular formula is C17H31N3O. The van der Waals surface area contributed by atoms with Crippen molar-refractivity contribution in [3.05, 3.63) is 0 Å². The molecule has 0 unspecified atom stereocenters. The molecule has 2 amide bonds. The van der Waals surface area contributed by atoms with Crippen molar-refractivity contribution in [2.24, 2.45) is 23.5 Å². The molecule has 21 heavy (non-hydrogen) atoms. The Morgan fingerprint density at radius 3 is 2.19 bits per heavy atom. The van der Waals surface area contributed by atoms with E-state index in [0.29, 0.717) is 13.1 Å². The van der Waals surface area contributed by atoms with Crippen LogP contribution in [-0.2, 0) is 0 Å². The van der Waals surface area contributed by atoms with E-state index >= 15 is 0 Å². The lowest BCUT2D eigenvalue weighted by molar-refractivity contribution is -0.0156. The minimum absolute atomic E-state index is 0.116. The Morgan fingerprint density at radius 1 is 1.14 bits per heavy atom. The van der Waals surface area contributed by atoms with E-state index in [0.717, 1.165) is 37.1 Å². The van der Waals surface area contributed by atoms with Gasteiger partial charge in [-0.3, -0.25) is 0 Å². The molecule has 4 aliphatic carbocycles. The number of hydrogen-bond donors (Lipinski definition) is 2. The van der Waals surface area contributed by atoms with Crippen LogP contribution < -0.4 is 11.1 Å². The molecule has 4 aliphatic rings. The summed E-state index contributed by atoms with van der Waals surface area (Å²) in [7, 11) is 0. The predicted octanol–water partition coefficient (Wildman–Crippen LogP) is 2.73. The van der Waals surface area contributed by atoms with Crippen molar-refractivity contribution in [3.8, 4) is 0 Å². The highest BCUT2D eigenvalue weighted by Crippen LogP contribution is 2.55. The lowest BCUT2D eigenvalue weighted by Gasteiger charge is -2.57. The monoisotopic (exact) mass is 293 g/mol. The molecule has 0 spiro atoms. The van der Waals surface area contributed by atoms with E-state index in [9.17, 15) is 4.79 Å². The number of hydrogen-bond acceptors (Lipinski definition) is 2. The molecule has 0 aromatic heterocycles. The lowest BCUT2D eigenvalue weighted by Crippen LogP contribution is -2.62. The summed E-state index contributed by atoms with van der Waals surface area (Å²) in [5, 5.41) is 3.45. The van der Waals surface area contributed by atoms with Gasteiger partial charge in [0.25, 0.3) is 0 Å². The number of unbranched alkanes of at least 4 members (excludes halogenated alkanes) is 1. The molecule has 3 N–H and O–H groups in total. The van der Waals surface area contributed by atoms with Gasteiger partial charge in [0.2, 0.25) is 0 Å². The zero-order valence-corrected chi connectivity index (χ0v) is 13.4. The molecule has 0 aliphatic heterocycles. The molecule has 120 valence electrons. The zero-order chi connectivity index (χ0) is 14.9. The molecular weight excluding hydrogens is 262 g/mol. The Bertz CT molecular complexity index is 347. The average molecular weight is 293 g/mol. The smallest absolute Gasteiger partial charge is 0.317 e. The predicted molar refractivity (Wildman–Crippen MR) is 85.0 cm³/mol. The van der Waals surface area contributed by atoms with Crippen molar-refractivity contribution in [1.82, 2.24) is 10.2 Å². The first-order chi connectivity index (χ1) is 10.1. The summed E-state index contributed by atoms with van der Waals surface area (Å²) in [5.74, 6) is 2.61. The molecule has 0 saturated heterocycles. The number of urea groups is 1. The third-order valence-electron chi connectivity index (χ3n) is 5.88. The van der Waals surface area contributed by atoms with Crippen molar-refractivity contribution < 1.29 is 4.79 Å². The highest BCUT2D eigenvalue weighted by molar-refractivity contribution is 5.75. The maximum atomic E-state index is 12.7. The van der Waals surface area contributed by atoms with Crippen LogP contribution in [0.5, 0.6) is 0 Å². The van der Waals surface area contributed by atoms with Crippen molar-refractivity contribution in [2.75, 3.05) is 19.6 Å². The molecule has 0 heterocycles. The van der Waals surface area contributed by atoms with E-state index in [2.05, 4.69) is 12.2 Å². The molecule has 0 aromatic rings. The molecule has 4 saturated carbocycles. The van der Waals surface area contributed by atoms with Crippen molar-refractivity contribution in [1.29, 1.82) is 0 Å². The van der Waals surface area contributed by atoms with Crippen LogP contribution in [0.1, 0.15) is 58.3 Å². The Hall–Kier alpha value is -0.770. The third-order valence-corrected chi connectivity index (χ3v) is 5.88. The molecule has 4 bridgehead atoms. The van der Waals surface area contributed by atoms with Gasteiger partial charge < -0.3 is 16.0 Å². The molecule has 0 radical (unpaired) electrons. The average Bonchev–Trinajstić information content (AvgIpc) is 2.41. The maximum Gasteiger partial charge on any atom is 0.317 e. The number of rotatable bonds is 6. The van der Waals surface area contributed by atoms with Crippen LogP contribution in [-0.4, -0.2) is 36.1 Å². The summed E-state index contributed by atoms with van der Waals surface area (Å²) in [5.41, 5.74) is 5.79. The van der Waals surface area contributed by atoms with Gasteiger partial charge in [-0.2, -0.15) is 0 Å². The molecule has 0 aromatic carbocycles. The quantitative estimate of drug-likeness (QED) is 0.791. The molecule has 0 atom stereocenters. The van der Waals surface area contributed by atoms with Crippen LogP contribution in [0.15, 0.2) is 0 Å². The van der Waals surface area contributed by atoms with Crippen LogP contribution in [0.25, 0.3) is 0 Å². The molecule has 4 heteroatoms. The van der Waals surface area contributed by atoms with Crippen molar-refractivity contribution >= 4 is 6.03 Å². The second kappa shape index (κ2) is 6.15. The second-order valence-corrected chi connectivity index (χ2v) is 7.76. The van der Waals surface area contributed by atoms with Gasteiger partial charge in [0.1, 0.15) is 0 Å². The minimum Gasteiger partial charge on any atom is -0.333 e. The minimum atomic E-state index is 0.116. The van der Waals surface area contributed by atoms with E-state index in [1.54, 1.807) is 0 Å². The molecule has 4 nitrogen and oxygen atoms in total. The Labute approximate surface area is 128 Å². The number of amides is 2. The number of carbonyl (C=O) groups excluding carboxylic acids is 1. The van der Waals surface area contributed by atoms with Gasteiger partial charge >= 0.3 is 6.03 Å². The number of nitrogens with one attached hydrogen (secondary N) is 1. The van der Waals surface area contributed by atoms with Crippen molar-refractivity contribution in [2.45, 2.75) is 63.8 Å². The van der Waals surface area contributed by atoms with E-state index in [1.165, 1.54) is 38.5 Å². The number of carbonyl (C=O) groups is 1. The van der Waals surface area contributed by atoms with Crippen LogP contribution in [0.2, 0.25) is 0 Å². The van der Waals surface area contributed by atoms with Gasteiger partial charge in [-0.1, -0.05) is 13.3 Å². The van der Waals surface area contributed by atoms with E-state index in [4.69, 9.17) is 5.73 Å². The number of nitrogens with two attached hydrogens (primary N) is 1. The van der Waals surface area contributed by atoms with Gasteiger partial charge in [-0.05, 0) is 62.7 Å².